The number of piperazine rings is 1. The zero-order chi connectivity index (χ0) is 17.3. The quantitative estimate of drug-likeness (QED) is 0.834. The monoisotopic (exact) mass is 368 g/mol. The number of benzene rings is 1. The largest absolute Gasteiger partial charge is 0.459 e. The molecule has 1 aromatic heterocycles. The third kappa shape index (κ3) is 3.19. The van der Waals surface area contributed by atoms with Crippen LogP contribution >= 0.6 is 11.6 Å². The number of sulfonamides is 1. The Morgan fingerprint density at radius 1 is 1.17 bits per heavy atom. The highest BCUT2D eigenvalue weighted by molar-refractivity contribution is 7.89. The molecular weight excluding hydrogens is 352 g/mol. The minimum Gasteiger partial charge on any atom is -0.459 e. The fourth-order valence-corrected chi connectivity index (χ4v) is 4.59. The van der Waals surface area contributed by atoms with Crippen molar-refractivity contribution >= 4 is 27.5 Å². The van der Waals surface area contributed by atoms with Crippen LogP contribution in [0.15, 0.2) is 45.9 Å². The zero-order valence-electron chi connectivity index (χ0n) is 13.1. The van der Waals surface area contributed by atoms with Crippen LogP contribution in [0.4, 0.5) is 0 Å². The van der Waals surface area contributed by atoms with Crippen LogP contribution in [0, 0.1) is 6.92 Å². The van der Waals surface area contributed by atoms with Crippen molar-refractivity contribution in [3.8, 4) is 0 Å². The highest BCUT2D eigenvalue weighted by atomic mass is 35.5. The fourth-order valence-electron chi connectivity index (χ4n) is 2.68. The van der Waals surface area contributed by atoms with Crippen LogP contribution in [0.1, 0.15) is 16.1 Å². The number of nitrogens with zero attached hydrogens (tertiary/aromatic N) is 2. The summed E-state index contributed by atoms with van der Waals surface area (Å²) in [6, 6.07) is 8.06. The average Bonchev–Trinajstić information content (AvgIpc) is 3.11. The highest BCUT2D eigenvalue weighted by Gasteiger charge is 2.32. The van der Waals surface area contributed by atoms with E-state index in [1.165, 1.54) is 16.6 Å². The molecule has 1 aliphatic heterocycles. The Balaban J connectivity index is 1.74. The van der Waals surface area contributed by atoms with Crippen molar-refractivity contribution < 1.29 is 17.6 Å². The predicted molar refractivity (Wildman–Crippen MR) is 89.6 cm³/mol. The molecular formula is C16H17ClN2O4S. The van der Waals surface area contributed by atoms with Crippen molar-refractivity contribution in [2.24, 2.45) is 0 Å². The molecule has 0 N–H and O–H groups in total. The lowest BCUT2D eigenvalue weighted by molar-refractivity contribution is 0.0666. The first kappa shape index (κ1) is 17.0. The number of hydrogen-bond donors (Lipinski definition) is 0. The molecule has 0 unspecified atom stereocenters. The molecule has 1 fully saturated rings. The Bertz CT molecular complexity index is 841. The summed E-state index contributed by atoms with van der Waals surface area (Å²) in [5.41, 5.74) is 0.647. The summed E-state index contributed by atoms with van der Waals surface area (Å²) in [6.07, 6.45) is 1.44. The Morgan fingerprint density at radius 3 is 2.50 bits per heavy atom. The molecule has 2 aromatic rings. The van der Waals surface area contributed by atoms with Gasteiger partial charge in [0.05, 0.1) is 11.2 Å². The number of amides is 1. The number of halogens is 1. The molecule has 3 rings (SSSR count). The van der Waals surface area contributed by atoms with Gasteiger partial charge in [-0.25, -0.2) is 8.42 Å². The van der Waals surface area contributed by atoms with Gasteiger partial charge >= 0.3 is 0 Å². The van der Waals surface area contributed by atoms with Gasteiger partial charge in [0, 0.05) is 31.2 Å². The van der Waals surface area contributed by atoms with Crippen molar-refractivity contribution in [3.05, 3.63) is 52.9 Å². The number of furan rings is 1. The van der Waals surface area contributed by atoms with E-state index in [1.807, 2.05) is 0 Å². The minimum atomic E-state index is -3.63. The third-order valence-corrected chi connectivity index (χ3v) is 6.30. The van der Waals surface area contributed by atoms with Gasteiger partial charge in [-0.05, 0) is 36.8 Å². The topological polar surface area (TPSA) is 70.8 Å². The SMILES string of the molecule is Cc1ccc(Cl)cc1S(=O)(=O)N1CCN(C(=O)c2ccco2)CC1. The van der Waals surface area contributed by atoms with Crippen molar-refractivity contribution in [2.75, 3.05) is 26.2 Å². The Labute approximate surface area is 145 Å². The van der Waals surface area contributed by atoms with Gasteiger partial charge in [-0.15, -0.1) is 0 Å². The summed E-state index contributed by atoms with van der Waals surface area (Å²) in [7, 11) is -3.63. The molecule has 1 aliphatic rings. The molecule has 6 nitrogen and oxygen atoms in total. The maximum atomic E-state index is 12.8. The molecule has 1 aromatic carbocycles. The average molecular weight is 369 g/mol. The number of hydrogen-bond acceptors (Lipinski definition) is 4. The number of carbonyl (C=O) groups is 1. The van der Waals surface area contributed by atoms with Gasteiger partial charge in [-0.1, -0.05) is 17.7 Å². The molecule has 0 aliphatic carbocycles. The summed E-state index contributed by atoms with van der Waals surface area (Å²) < 4.78 is 32.1. The van der Waals surface area contributed by atoms with Crippen molar-refractivity contribution in [2.45, 2.75) is 11.8 Å². The first-order valence-electron chi connectivity index (χ1n) is 7.48. The molecule has 128 valence electrons. The molecule has 0 saturated carbocycles. The first-order valence-corrected chi connectivity index (χ1v) is 9.30. The number of aryl methyl sites for hydroxylation is 1. The molecule has 0 atom stereocenters. The van der Waals surface area contributed by atoms with Crippen molar-refractivity contribution in [1.82, 2.24) is 9.21 Å². The van der Waals surface area contributed by atoms with Gasteiger partial charge < -0.3 is 9.32 Å². The van der Waals surface area contributed by atoms with E-state index in [4.69, 9.17) is 16.0 Å². The van der Waals surface area contributed by atoms with Crippen molar-refractivity contribution in [3.63, 3.8) is 0 Å². The predicted octanol–water partition coefficient (Wildman–Crippen LogP) is 2.39. The molecule has 0 spiro atoms. The lowest BCUT2D eigenvalue weighted by atomic mass is 10.2. The van der Waals surface area contributed by atoms with E-state index < -0.39 is 10.0 Å². The van der Waals surface area contributed by atoms with E-state index in [1.54, 1.807) is 36.1 Å². The van der Waals surface area contributed by atoms with Crippen molar-refractivity contribution in [1.29, 1.82) is 0 Å². The molecule has 2 heterocycles. The third-order valence-electron chi connectivity index (χ3n) is 4.03. The highest BCUT2D eigenvalue weighted by Crippen LogP contribution is 2.24. The normalized spacial score (nSPS) is 16.3. The summed E-state index contributed by atoms with van der Waals surface area (Å²) in [4.78, 5) is 14.0. The minimum absolute atomic E-state index is 0.209. The van der Waals surface area contributed by atoms with Crippen LogP contribution in [-0.2, 0) is 10.0 Å². The molecule has 0 bridgehead atoms. The molecule has 24 heavy (non-hydrogen) atoms. The van der Waals surface area contributed by atoms with Gasteiger partial charge in [0.25, 0.3) is 5.91 Å². The van der Waals surface area contributed by atoms with Gasteiger partial charge in [0.15, 0.2) is 5.76 Å². The second-order valence-electron chi connectivity index (χ2n) is 5.58. The van der Waals surface area contributed by atoms with E-state index in [2.05, 4.69) is 0 Å². The van der Waals surface area contributed by atoms with Crippen LogP contribution in [0.2, 0.25) is 5.02 Å². The van der Waals surface area contributed by atoms with Crippen LogP contribution in [0.3, 0.4) is 0 Å². The lowest BCUT2D eigenvalue weighted by Gasteiger charge is -2.33. The van der Waals surface area contributed by atoms with Crippen LogP contribution in [-0.4, -0.2) is 49.7 Å². The van der Waals surface area contributed by atoms with Gasteiger partial charge in [-0.2, -0.15) is 4.31 Å². The molecule has 0 radical (unpaired) electrons. The Hall–Kier alpha value is -1.83. The maximum Gasteiger partial charge on any atom is 0.289 e. The summed E-state index contributed by atoms with van der Waals surface area (Å²) in [5.74, 6) is 0.0352. The van der Waals surface area contributed by atoms with Crippen LogP contribution < -0.4 is 0 Å². The van der Waals surface area contributed by atoms with E-state index >= 15 is 0 Å². The number of carbonyl (C=O) groups excluding carboxylic acids is 1. The van der Waals surface area contributed by atoms with Crippen LogP contribution in [0.5, 0.6) is 0 Å². The fraction of sp³-hybridized carbons (Fsp3) is 0.312. The second kappa shape index (κ2) is 6.58. The maximum absolute atomic E-state index is 12.8. The number of rotatable bonds is 3. The Kier molecular flexibility index (Phi) is 4.67. The van der Waals surface area contributed by atoms with E-state index in [0.717, 1.165) is 0 Å². The summed E-state index contributed by atoms with van der Waals surface area (Å²) in [5, 5.41) is 0.380. The van der Waals surface area contributed by atoms with Crippen LogP contribution in [0.25, 0.3) is 0 Å². The first-order chi connectivity index (χ1) is 11.4. The summed E-state index contributed by atoms with van der Waals surface area (Å²) >= 11 is 5.94. The molecule has 1 saturated heterocycles. The van der Waals surface area contributed by atoms with Gasteiger partial charge in [-0.3, -0.25) is 4.79 Å². The molecule has 1 amide bonds. The van der Waals surface area contributed by atoms with E-state index in [-0.39, 0.29) is 29.7 Å². The smallest absolute Gasteiger partial charge is 0.289 e. The van der Waals surface area contributed by atoms with E-state index in [9.17, 15) is 13.2 Å². The van der Waals surface area contributed by atoms with Gasteiger partial charge in [0.2, 0.25) is 10.0 Å². The second-order valence-corrected chi connectivity index (χ2v) is 7.93. The Morgan fingerprint density at radius 2 is 1.88 bits per heavy atom. The zero-order valence-corrected chi connectivity index (χ0v) is 14.7. The lowest BCUT2D eigenvalue weighted by Crippen LogP contribution is -2.50. The molecule has 8 heteroatoms. The standard InChI is InChI=1S/C16H17ClN2O4S/c1-12-4-5-13(17)11-15(12)24(21,22)19-8-6-18(7-9-19)16(20)14-3-2-10-23-14/h2-5,10-11H,6-9H2,1H3. The summed E-state index contributed by atoms with van der Waals surface area (Å²) in [6.45, 7) is 2.85. The van der Waals surface area contributed by atoms with E-state index in [0.29, 0.717) is 23.7 Å². The van der Waals surface area contributed by atoms with Gasteiger partial charge in [0.1, 0.15) is 0 Å².